The minimum Gasteiger partial charge on any atom is -0.391 e. The summed E-state index contributed by atoms with van der Waals surface area (Å²) in [5.41, 5.74) is 27.0. The van der Waals surface area contributed by atoms with Gasteiger partial charge in [0, 0.05) is 20.8 Å². The fourth-order valence-corrected chi connectivity index (χ4v) is 5.19. The minimum absolute atomic E-state index is 0.0376. The van der Waals surface area contributed by atoms with Crippen LogP contribution in [0.3, 0.4) is 0 Å². The van der Waals surface area contributed by atoms with Gasteiger partial charge in [-0.1, -0.05) is 22.3 Å². The molecule has 0 aromatic rings. The summed E-state index contributed by atoms with van der Waals surface area (Å²) >= 11 is 0. The summed E-state index contributed by atoms with van der Waals surface area (Å²) in [6.07, 6.45) is -17.0. The van der Waals surface area contributed by atoms with Crippen molar-refractivity contribution in [3.8, 4) is 0 Å². The fraction of sp³-hybridized carbons (Fsp3) is 1.00. The Labute approximate surface area is 233 Å². The molecule has 20 nitrogen and oxygen atoms in total. The van der Waals surface area contributed by atoms with E-state index in [0.29, 0.717) is 13.0 Å². The van der Waals surface area contributed by atoms with Gasteiger partial charge in [-0.15, -0.1) is 0 Å². The third-order valence-electron chi connectivity index (χ3n) is 7.30. The lowest BCUT2D eigenvalue weighted by molar-refractivity contribution is -0.315. The van der Waals surface area contributed by atoms with Crippen molar-refractivity contribution in [2.45, 2.75) is 118 Å². The molecule has 0 bridgehead atoms. The highest BCUT2D eigenvalue weighted by Gasteiger charge is 2.53. The highest BCUT2D eigenvalue weighted by molar-refractivity contribution is 5.04. The summed E-state index contributed by atoms with van der Waals surface area (Å²) in [7, 11) is 0. The topological polar surface area (TPSA) is 317 Å². The van der Waals surface area contributed by atoms with Crippen molar-refractivity contribution in [2.75, 3.05) is 13.1 Å². The van der Waals surface area contributed by atoms with Crippen molar-refractivity contribution in [2.24, 2.45) is 15.3 Å². The van der Waals surface area contributed by atoms with Gasteiger partial charge in [-0.2, -0.15) is 0 Å². The second-order valence-corrected chi connectivity index (χ2v) is 10.1. The third kappa shape index (κ3) is 7.47. The van der Waals surface area contributed by atoms with Gasteiger partial charge in [0.05, 0.1) is 43.1 Å². The van der Waals surface area contributed by atoms with Crippen LogP contribution in [0.2, 0.25) is 0 Å². The summed E-state index contributed by atoms with van der Waals surface area (Å²) in [5.74, 6) is 0. The molecular formula is C21H36N10O10. The molecule has 0 radical (unpaired) electrons. The molecule has 0 aromatic heterocycles. The molecule has 0 amide bonds. The summed E-state index contributed by atoms with van der Waals surface area (Å²) < 4.78 is 23.2. The number of hydrogen-bond donors (Lipinski definition) is 7. The Morgan fingerprint density at radius 2 is 1.56 bits per heavy atom. The molecule has 15 atom stereocenters. The Bertz CT molecular complexity index is 1010. The van der Waals surface area contributed by atoms with Crippen LogP contribution in [0, 0.1) is 0 Å². The Balaban J connectivity index is 1.97. The Kier molecular flexibility index (Phi) is 12.2. The average Bonchev–Trinajstić information content (AvgIpc) is 3.21. The predicted molar refractivity (Wildman–Crippen MR) is 135 cm³/mol. The molecule has 8 unspecified atom stereocenters. The third-order valence-corrected chi connectivity index (χ3v) is 7.30. The van der Waals surface area contributed by atoms with E-state index in [2.05, 4.69) is 35.4 Å². The molecule has 3 fully saturated rings. The highest BCUT2D eigenvalue weighted by atomic mass is 16.7. The first-order valence-electron chi connectivity index (χ1n) is 13.1. The van der Waals surface area contributed by atoms with E-state index in [4.69, 9.17) is 30.0 Å². The van der Waals surface area contributed by atoms with E-state index in [-0.39, 0.29) is 13.0 Å². The first-order valence-corrected chi connectivity index (χ1v) is 13.1. The number of aliphatic hydroxyl groups excluding tert-OH is 6. The van der Waals surface area contributed by atoms with Crippen LogP contribution in [0.15, 0.2) is 15.3 Å². The van der Waals surface area contributed by atoms with E-state index in [9.17, 15) is 36.2 Å². The van der Waals surface area contributed by atoms with Crippen LogP contribution in [0.25, 0.3) is 31.3 Å². The van der Waals surface area contributed by atoms with Crippen LogP contribution in [-0.4, -0.2) is 135 Å². The Morgan fingerprint density at radius 1 is 0.878 bits per heavy atom. The molecule has 41 heavy (non-hydrogen) atoms. The van der Waals surface area contributed by atoms with Gasteiger partial charge in [-0.3, -0.25) is 0 Å². The maximum Gasteiger partial charge on any atom is 0.187 e. The lowest BCUT2D eigenvalue weighted by Gasteiger charge is -2.48. The zero-order chi connectivity index (χ0) is 30.3. The van der Waals surface area contributed by atoms with Gasteiger partial charge in [0.25, 0.3) is 0 Å². The number of ether oxygens (including phenoxy) is 4. The molecule has 2 saturated heterocycles. The second kappa shape index (κ2) is 15.1. The molecule has 2 aliphatic heterocycles. The summed E-state index contributed by atoms with van der Waals surface area (Å²) in [4.78, 5) is 8.14. The summed E-state index contributed by atoms with van der Waals surface area (Å²) in [6, 6.07) is -3.29. The van der Waals surface area contributed by atoms with Crippen LogP contribution in [-0.2, 0) is 18.9 Å². The zero-order valence-electron chi connectivity index (χ0n) is 22.3. The van der Waals surface area contributed by atoms with Gasteiger partial charge in [0.15, 0.2) is 12.6 Å². The van der Waals surface area contributed by atoms with E-state index in [0.717, 1.165) is 0 Å². The van der Waals surface area contributed by atoms with Crippen molar-refractivity contribution >= 4 is 0 Å². The average molecular weight is 589 g/mol. The predicted octanol–water partition coefficient (Wildman–Crippen LogP) is -1.17. The Hall–Kier alpha value is -2.51. The summed E-state index contributed by atoms with van der Waals surface area (Å²) in [5, 5.41) is 77.1. The molecular weight excluding hydrogens is 552 g/mol. The van der Waals surface area contributed by atoms with Crippen molar-refractivity contribution in [3.63, 3.8) is 0 Å². The lowest BCUT2D eigenvalue weighted by Crippen LogP contribution is -2.65. The van der Waals surface area contributed by atoms with E-state index in [1.807, 2.05) is 6.92 Å². The molecule has 3 rings (SSSR count). The van der Waals surface area contributed by atoms with Gasteiger partial charge in [-0.25, -0.2) is 0 Å². The molecule has 7 N–H and O–H groups in total. The number of nitrogens with one attached hydrogen (secondary N) is 1. The van der Waals surface area contributed by atoms with E-state index < -0.39 is 91.7 Å². The fourth-order valence-electron chi connectivity index (χ4n) is 5.19. The number of aliphatic hydroxyl groups is 6. The second-order valence-electron chi connectivity index (χ2n) is 10.1. The molecule has 0 aromatic carbocycles. The first kappa shape index (κ1) is 33.0. The summed E-state index contributed by atoms with van der Waals surface area (Å²) in [6.45, 7) is 3.35. The largest absolute Gasteiger partial charge is 0.391 e. The quantitative estimate of drug-likeness (QED) is 0.0809. The minimum atomic E-state index is -1.73. The molecule has 230 valence electrons. The molecule has 0 spiro atoms. The van der Waals surface area contributed by atoms with Gasteiger partial charge in [0.2, 0.25) is 0 Å². The van der Waals surface area contributed by atoms with E-state index >= 15 is 0 Å². The molecule has 3 aliphatic rings. The first-order chi connectivity index (χ1) is 19.6. The Morgan fingerprint density at radius 3 is 2.17 bits per heavy atom. The van der Waals surface area contributed by atoms with Gasteiger partial charge in [-0.05, 0) is 42.9 Å². The van der Waals surface area contributed by atoms with Crippen LogP contribution in [0.1, 0.15) is 26.7 Å². The van der Waals surface area contributed by atoms with Crippen molar-refractivity contribution in [3.05, 3.63) is 31.3 Å². The number of hydrogen-bond acceptors (Lipinski definition) is 14. The van der Waals surface area contributed by atoms with Crippen molar-refractivity contribution in [1.82, 2.24) is 5.32 Å². The van der Waals surface area contributed by atoms with Crippen LogP contribution < -0.4 is 5.32 Å². The standard InChI is InChI=1S/C21H36N10O10/c1-3-4-25-8-5-9(27-30-23)18(40-20-11(28-31-24)14(35)15(36)17(39-20)7(2)32)19(12(8)33)41-21-16(37)13(34)10(38-21)6-26-29-22/h7-21,25,32-37H,3-6H2,1-2H3/t7-,8-,9?,10-,11?,12?,13?,14?,15+,16?,17?,18-,19?,20-,21+/m1/s1. The van der Waals surface area contributed by atoms with Gasteiger partial charge < -0.3 is 54.9 Å². The molecule has 1 aliphatic carbocycles. The van der Waals surface area contributed by atoms with Crippen LogP contribution in [0.5, 0.6) is 0 Å². The maximum absolute atomic E-state index is 11.3. The molecule has 1 saturated carbocycles. The lowest BCUT2D eigenvalue weighted by atomic mass is 9.83. The van der Waals surface area contributed by atoms with Crippen molar-refractivity contribution in [1.29, 1.82) is 0 Å². The maximum atomic E-state index is 11.3. The normalized spacial score (nSPS) is 43.3. The van der Waals surface area contributed by atoms with Crippen LogP contribution >= 0.6 is 0 Å². The van der Waals surface area contributed by atoms with Crippen molar-refractivity contribution < 1.29 is 49.6 Å². The number of rotatable bonds is 12. The van der Waals surface area contributed by atoms with E-state index in [1.165, 1.54) is 6.92 Å². The number of nitrogens with zero attached hydrogens (tertiary/aromatic N) is 9. The van der Waals surface area contributed by atoms with E-state index in [1.54, 1.807) is 0 Å². The monoisotopic (exact) mass is 588 g/mol. The van der Waals surface area contributed by atoms with Gasteiger partial charge in [0.1, 0.15) is 36.6 Å². The van der Waals surface area contributed by atoms with Crippen LogP contribution in [0.4, 0.5) is 0 Å². The SMILES string of the molecule is CCCN[C@@H]1CC(N=[N+]=[N-])[C@@H](O[C@H]2OC([C@@H](C)O)[C@@H](O)C(O)C2N=[N+]=[N-])C(O[C@@H]2O[C@H](CN=[N+]=[N-])C(O)C2O)C1O. The highest BCUT2D eigenvalue weighted by Crippen LogP contribution is 2.35. The van der Waals surface area contributed by atoms with Gasteiger partial charge >= 0.3 is 0 Å². The zero-order valence-corrected chi connectivity index (χ0v) is 22.3. The molecule has 20 heteroatoms. The number of azide groups is 3. The molecule has 2 heterocycles. The smallest absolute Gasteiger partial charge is 0.187 e.